The van der Waals surface area contributed by atoms with Gasteiger partial charge in [-0.15, -0.1) is 13.2 Å². The summed E-state index contributed by atoms with van der Waals surface area (Å²) in [5.74, 6) is -3.47. The van der Waals surface area contributed by atoms with Gasteiger partial charge in [0.1, 0.15) is 0 Å². The van der Waals surface area contributed by atoms with Gasteiger partial charge >= 0.3 is 18.4 Å². The highest BCUT2D eigenvalue weighted by molar-refractivity contribution is 14.1. The number of nitrogens with zero attached hydrogens (tertiary/aromatic N) is 2. The molecule has 0 fully saturated rings. The summed E-state index contributed by atoms with van der Waals surface area (Å²) in [7, 11) is 0. The highest BCUT2D eigenvalue weighted by Crippen LogP contribution is 2.43. The van der Waals surface area contributed by atoms with Crippen molar-refractivity contribution < 1.29 is 36.0 Å². The number of pyridine rings is 1. The minimum absolute atomic E-state index is 0.309. The van der Waals surface area contributed by atoms with Gasteiger partial charge in [-0.2, -0.15) is 13.2 Å². The molecule has 1 rings (SSSR count). The summed E-state index contributed by atoms with van der Waals surface area (Å²) in [5.41, 5.74) is -2.18. The molecule has 106 valence electrons. The maximum Gasteiger partial charge on any atom is 0.573 e. The largest absolute Gasteiger partial charge is 0.573 e. The first-order valence-corrected chi connectivity index (χ1v) is 5.17. The number of ether oxygens (including phenoxy) is 1. The molecule has 0 aromatic carbocycles. The number of alkyl halides is 6. The van der Waals surface area contributed by atoms with E-state index >= 15 is 0 Å². The van der Waals surface area contributed by atoms with Gasteiger partial charge < -0.3 is 14.9 Å². The molecule has 0 bridgehead atoms. The lowest BCUT2D eigenvalue weighted by Crippen LogP contribution is -2.21. The van der Waals surface area contributed by atoms with Crippen molar-refractivity contribution in [2.45, 2.75) is 12.5 Å². The van der Waals surface area contributed by atoms with Crippen molar-refractivity contribution in [2.75, 3.05) is 0 Å². The zero-order chi connectivity index (χ0) is 15.0. The summed E-state index contributed by atoms with van der Waals surface area (Å²) >= 11 is 1.23. The lowest BCUT2D eigenvalue weighted by atomic mass is 10.2. The van der Waals surface area contributed by atoms with Gasteiger partial charge in [-0.25, -0.2) is 0 Å². The third-order valence-electron chi connectivity index (χ3n) is 1.62. The third-order valence-corrected chi connectivity index (χ3v) is 2.17. The van der Waals surface area contributed by atoms with Gasteiger partial charge in [-0.3, -0.25) is 0 Å². The Morgan fingerprint density at radius 1 is 1.26 bits per heavy atom. The molecule has 0 N–H and O–H groups in total. The van der Waals surface area contributed by atoms with E-state index in [9.17, 15) is 36.5 Å². The van der Waals surface area contributed by atoms with Crippen molar-refractivity contribution >= 4 is 28.4 Å². The molecular formula is C7HF6IN2O3. The molecule has 12 heteroatoms. The molecule has 0 spiro atoms. The fourth-order valence-electron chi connectivity index (χ4n) is 1.08. The summed E-state index contributed by atoms with van der Waals surface area (Å²) in [4.78, 5) is 11.9. The number of aromatic nitrogens is 1. The molecule has 1 aromatic heterocycles. The van der Waals surface area contributed by atoms with E-state index in [4.69, 9.17) is 0 Å². The molecule has 0 saturated carbocycles. The predicted octanol–water partition coefficient (Wildman–Crippen LogP) is 3.51. The Morgan fingerprint density at radius 2 is 1.79 bits per heavy atom. The molecule has 0 aliphatic heterocycles. The van der Waals surface area contributed by atoms with Crippen LogP contribution in [0.15, 0.2) is 6.07 Å². The number of hydrogen-bond donors (Lipinski definition) is 0. The van der Waals surface area contributed by atoms with Crippen LogP contribution in [-0.2, 0) is 6.18 Å². The van der Waals surface area contributed by atoms with Crippen molar-refractivity contribution in [1.29, 1.82) is 0 Å². The SMILES string of the molecule is O=[N+]([O-])c1nc(I)cc(OC(F)(F)F)c1C(F)(F)F. The Kier molecular flexibility index (Phi) is 4.11. The molecule has 0 saturated heterocycles. The summed E-state index contributed by atoms with van der Waals surface area (Å²) in [5, 5.41) is 10.4. The topological polar surface area (TPSA) is 65.3 Å². The van der Waals surface area contributed by atoms with Crippen molar-refractivity contribution in [3.8, 4) is 5.75 Å². The average molecular weight is 402 g/mol. The van der Waals surface area contributed by atoms with Gasteiger partial charge in [0.25, 0.3) is 0 Å². The second-order valence-electron chi connectivity index (χ2n) is 2.94. The molecule has 5 nitrogen and oxygen atoms in total. The van der Waals surface area contributed by atoms with Gasteiger partial charge in [0.15, 0.2) is 11.3 Å². The van der Waals surface area contributed by atoms with Crippen molar-refractivity contribution in [1.82, 2.24) is 4.98 Å². The lowest BCUT2D eigenvalue weighted by Gasteiger charge is -2.14. The predicted molar refractivity (Wildman–Crippen MR) is 55.3 cm³/mol. The Morgan fingerprint density at radius 3 is 2.16 bits per heavy atom. The fraction of sp³-hybridized carbons (Fsp3) is 0.286. The Bertz CT molecular complexity index is 515. The van der Waals surface area contributed by atoms with E-state index in [0.29, 0.717) is 6.07 Å². The van der Waals surface area contributed by atoms with Crippen LogP contribution >= 0.6 is 22.6 Å². The van der Waals surface area contributed by atoms with E-state index in [1.165, 1.54) is 22.6 Å². The molecule has 1 heterocycles. The Balaban J connectivity index is 3.56. The van der Waals surface area contributed by atoms with E-state index in [0.717, 1.165) is 0 Å². The minimum Gasteiger partial charge on any atom is -0.405 e. The monoisotopic (exact) mass is 402 g/mol. The first-order valence-electron chi connectivity index (χ1n) is 4.09. The third kappa shape index (κ3) is 4.07. The first-order chi connectivity index (χ1) is 8.42. The highest BCUT2D eigenvalue weighted by Gasteiger charge is 2.46. The number of rotatable bonds is 2. The highest BCUT2D eigenvalue weighted by atomic mass is 127. The van der Waals surface area contributed by atoms with E-state index in [-0.39, 0.29) is 0 Å². The van der Waals surface area contributed by atoms with Crippen LogP contribution in [0, 0.1) is 13.8 Å². The fourth-order valence-corrected chi connectivity index (χ4v) is 1.59. The van der Waals surface area contributed by atoms with Crippen molar-refractivity contribution in [3.63, 3.8) is 0 Å². The molecule has 1 aromatic rings. The first kappa shape index (κ1) is 15.7. The maximum atomic E-state index is 12.6. The summed E-state index contributed by atoms with van der Waals surface area (Å²) < 4.78 is 76.4. The van der Waals surface area contributed by atoms with Crippen LogP contribution in [0.4, 0.5) is 32.2 Å². The van der Waals surface area contributed by atoms with Crippen LogP contribution in [0.3, 0.4) is 0 Å². The van der Waals surface area contributed by atoms with E-state index in [1.54, 1.807) is 0 Å². The van der Waals surface area contributed by atoms with Crippen LogP contribution in [-0.4, -0.2) is 16.3 Å². The molecule has 19 heavy (non-hydrogen) atoms. The number of nitro groups is 1. The lowest BCUT2D eigenvalue weighted by molar-refractivity contribution is -0.393. The van der Waals surface area contributed by atoms with E-state index in [1.807, 2.05) is 0 Å². The number of halogens is 7. The van der Waals surface area contributed by atoms with Crippen LogP contribution in [0.2, 0.25) is 0 Å². The van der Waals surface area contributed by atoms with Gasteiger partial charge in [-0.1, -0.05) is 0 Å². The number of hydrogen-bond acceptors (Lipinski definition) is 4. The molecule has 0 aliphatic carbocycles. The summed E-state index contributed by atoms with van der Waals surface area (Å²) in [6.45, 7) is 0. The zero-order valence-electron chi connectivity index (χ0n) is 8.34. The second-order valence-corrected chi connectivity index (χ2v) is 4.05. The quantitative estimate of drug-likeness (QED) is 0.250. The summed E-state index contributed by atoms with van der Waals surface area (Å²) in [6, 6.07) is 0.309. The van der Waals surface area contributed by atoms with E-state index < -0.39 is 38.3 Å². The van der Waals surface area contributed by atoms with E-state index in [2.05, 4.69) is 9.72 Å². The Labute approximate surface area is 113 Å². The Hall–Kier alpha value is -1.34. The molecule has 0 atom stereocenters. The average Bonchev–Trinajstić information content (AvgIpc) is 2.10. The van der Waals surface area contributed by atoms with Gasteiger partial charge in [0.2, 0.25) is 3.70 Å². The molecule has 0 amide bonds. The van der Waals surface area contributed by atoms with Gasteiger partial charge in [0, 0.05) is 28.7 Å². The van der Waals surface area contributed by atoms with Crippen LogP contribution in [0.1, 0.15) is 5.56 Å². The maximum absolute atomic E-state index is 12.6. The molecule has 0 unspecified atom stereocenters. The summed E-state index contributed by atoms with van der Waals surface area (Å²) in [6.07, 6.45) is -10.8. The second kappa shape index (κ2) is 4.97. The van der Waals surface area contributed by atoms with Crippen molar-refractivity contribution in [3.05, 3.63) is 25.4 Å². The van der Waals surface area contributed by atoms with Crippen LogP contribution in [0.25, 0.3) is 0 Å². The minimum atomic E-state index is -5.42. The standard InChI is InChI=1S/C7HF6IN2O3/c8-6(9,10)4-2(19-7(11,12)13)1-3(14)15-5(4)16(17)18/h1H. The van der Waals surface area contributed by atoms with Crippen LogP contribution in [0.5, 0.6) is 5.75 Å². The van der Waals surface area contributed by atoms with Gasteiger partial charge in [0.05, 0.1) is 0 Å². The normalized spacial score (nSPS) is 12.4. The van der Waals surface area contributed by atoms with Gasteiger partial charge in [-0.05, 0) is 9.91 Å². The zero-order valence-corrected chi connectivity index (χ0v) is 10.5. The molecular weight excluding hydrogens is 401 g/mol. The molecule has 0 radical (unpaired) electrons. The smallest absolute Gasteiger partial charge is 0.405 e. The van der Waals surface area contributed by atoms with Crippen molar-refractivity contribution in [2.24, 2.45) is 0 Å². The molecule has 0 aliphatic rings. The van der Waals surface area contributed by atoms with Crippen LogP contribution < -0.4 is 4.74 Å².